The molecule has 2 rings (SSSR count). The van der Waals surface area contributed by atoms with Crippen molar-refractivity contribution in [1.82, 2.24) is 5.32 Å². The van der Waals surface area contributed by atoms with Gasteiger partial charge in [-0.15, -0.1) is 11.8 Å². The van der Waals surface area contributed by atoms with E-state index in [-0.39, 0.29) is 0 Å². The van der Waals surface area contributed by atoms with Gasteiger partial charge in [-0.25, -0.2) is 0 Å². The van der Waals surface area contributed by atoms with E-state index in [1.54, 1.807) is 0 Å². The maximum atomic E-state index is 6.01. The van der Waals surface area contributed by atoms with E-state index in [4.69, 9.17) is 5.73 Å². The largest absolute Gasteiger partial charge is 0.398 e. The van der Waals surface area contributed by atoms with Gasteiger partial charge in [0.25, 0.3) is 0 Å². The lowest BCUT2D eigenvalue weighted by molar-refractivity contribution is 0.341. The number of nitrogens with one attached hydrogen (secondary N) is 1. The molecule has 0 bridgehead atoms. The van der Waals surface area contributed by atoms with Crippen LogP contribution in [0.4, 0.5) is 5.69 Å². The second kappa shape index (κ2) is 4.90. The molecule has 0 spiro atoms. The van der Waals surface area contributed by atoms with E-state index >= 15 is 0 Å². The predicted molar refractivity (Wildman–Crippen MR) is 67.3 cm³/mol. The van der Waals surface area contributed by atoms with Gasteiger partial charge < -0.3 is 11.1 Å². The molecule has 0 unspecified atom stereocenters. The molecule has 0 atom stereocenters. The van der Waals surface area contributed by atoms with Crippen molar-refractivity contribution in [3.63, 3.8) is 0 Å². The number of para-hydroxylation sites is 1. The lowest BCUT2D eigenvalue weighted by Gasteiger charge is -2.26. The molecule has 3 heteroatoms. The molecule has 3 N–H and O–H groups in total. The van der Waals surface area contributed by atoms with Gasteiger partial charge in [-0.3, -0.25) is 0 Å². The minimum atomic E-state index is 0.892. The number of nitrogen functional groups attached to an aromatic ring is 1. The van der Waals surface area contributed by atoms with E-state index in [1.165, 1.54) is 35.7 Å². The van der Waals surface area contributed by atoms with Crippen LogP contribution in [-0.4, -0.2) is 18.8 Å². The van der Waals surface area contributed by atoms with E-state index < -0.39 is 0 Å². The van der Waals surface area contributed by atoms with Gasteiger partial charge in [-0.05, 0) is 49.7 Å². The highest BCUT2D eigenvalue weighted by Crippen LogP contribution is 2.28. The van der Waals surface area contributed by atoms with Crippen molar-refractivity contribution in [2.45, 2.75) is 18.2 Å². The lowest BCUT2D eigenvalue weighted by Crippen LogP contribution is -2.42. The molecule has 0 aromatic heterocycles. The van der Waals surface area contributed by atoms with E-state index in [2.05, 4.69) is 30.4 Å². The first-order valence-electron chi connectivity index (χ1n) is 5.46. The van der Waals surface area contributed by atoms with Crippen LogP contribution in [0.1, 0.15) is 12.0 Å². The van der Waals surface area contributed by atoms with Crippen molar-refractivity contribution in [2.24, 2.45) is 5.92 Å². The molecule has 1 aromatic carbocycles. The van der Waals surface area contributed by atoms with Gasteiger partial charge in [0.1, 0.15) is 0 Å². The topological polar surface area (TPSA) is 38.0 Å². The number of thioether (sulfide) groups is 1. The van der Waals surface area contributed by atoms with Crippen LogP contribution in [0.2, 0.25) is 0 Å². The monoisotopic (exact) mass is 222 g/mol. The summed E-state index contributed by atoms with van der Waals surface area (Å²) in [6.07, 6.45) is 1.30. The maximum absolute atomic E-state index is 6.01. The standard InChI is InChI=1S/C12H18N2S/c1-9-3-2-4-11(12(9)13)15-6-5-10-7-14-8-10/h2-4,10,14H,5-8,13H2,1H3. The summed E-state index contributed by atoms with van der Waals surface area (Å²) in [5, 5.41) is 3.30. The zero-order valence-electron chi connectivity index (χ0n) is 9.12. The number of anilines is 1. The van der Waals surface area contributed by atoms with Crippen LogP contribution < -0.4 is 11.1 Å². The quantitative estimate of drug-likeness (QED) is 0.606. The molecule has 0 amide bonds. The zero-order chi connectivity index (χ0) is 10.7. The van der Waals surface area contributed by atoms with Gasteiger partial charge in [-0.2, -0.15) is 0 Å². The first-order chi connectivity index (χ1) is 7.27. The fourth-order valence-electron chi connectivity index (χ4n) is 1.67. The third-order valence-electron chi connectivity index (χ3n) is 2.93. The van der Waals surface area contributed by atoms with Gasteiger partial charge in [0.2, 0.25) is 0 Å². The van der Waals surface area contributed by atoms with Crippen LogP contribution in [0.15, 0.2) is 23.1 Å². The summed E-state index contributed by atoms with van der Waals surface area (Å²) in [6, 6.07) is 6.26. The van der Waals surface area contributed by atoms with E-state index in [0.29, 0.717) is 0 Å². The van der Waals surface area contributed by atoms with E-state index in [9.17, 15) is 0 Å². The summed E-state index contributed by atoms with van der Waals surface area (Å²) in [7, 11) is 0. The molecule has 15 heavy (non-hydrogen) atoms. The Hall–Kier alpha value is -0.670. The summed E-state index contributed by atoms with van der Waals surface area (Å²) in [5.74, 6) is 2.07. The van der Waals surface area contributed by atoms with Crippen LogP contribution in [0.25, 0.3) is 0 Å². The van der Waals surface area contributed by atoms with Crippen molar-refractivity contribution in [3.05, 3.63) is 23.8 Å². The second-order valence-electron chi connectivity index (χ2n) is 4.15. The SMILES string of the molecule is Cc1cccc(SCCC2CNC2)c1N. The first kappa shape index (κ1) is 10.8. The first-order valence-corrected chi connectivity index (χ1v) is 6.44. The third-order valence-corrected chi connectivity index (χ3v) is 4.04. The highest BCUT2D eigenvalue weighted by Gasteiger charge is 2.15. The summed E-state index contributed by atoms with van der Waals surface area (Å²) in [4.78, 5) is 1.24. The number of nitrogens with two attached hydrogens (primary N) is 1. The fraction of sp³-hybridized carbons (Fsp3) is 0.500. The van der Waals surface area contributed by atoms with Crippen LogP contribution in [0.3, 0.4) is 0 Å². The van der Waals surface area contributed by atoms with Crippen LogP contribution in [0.5, 0.6) is 0 Å². The lowest BCUT2D eigenvalue weighted by atomic mass is 10.0. The Morgan fingerprint density at radius 1 is 1.47 bits per heavy atom. The predicted octanol–water partition coefficient (Wildman–Crippen LogP) is 2.28. The summed E-state index contributed by atoms with van der Waals surface area (Å²) in [6.45, 7) is 4.46. The van der Waals surface area contributed by atoms with Gasteiger partial charge >= 0.3 is 0 Å². The third kappa shape index (κ3) is 2.67. The number of hydrogen-bond acceptors (Lipinski definition) is 3. The minimum Gasteiger partial charge on any atom is -0.398 e. The van der Waals surface area contributed by atoms with Gasteiger partial charge in [-0.1, -0.05) is 12.1 Å². The van der Waals surface area contributed by atoms with Crippen molar-refractivity contribution in [3.8, 4) is 0 Å². The number of rotatable bonds is 4. The Morgan fingerprint density at radius 3 is 2.93 bits per heavy atom. The molecule has 1 aliphatic rings. The molecule has 1 aromatic rings. The Morgan fingerprint density at radius 2 is 2.27 bits per heavy atom. The average Bonchev–Trinajstić information content (AvgIpc) is 2.16. The Bertz CT molecular complexity index is 334. The highest BCUT2D eigenvalue weighted by molar-refractivity contribution is 7.99. The van der Waals surface area contributed by atoms with Gasteiger partial charge in [0.05, 0.1) is 0 Å². The molecule has 0 radical (unpaired) electrons. The Kier molecular flexibility index (Phi) is 3.54. The molecule has 1 aliphatic heterocycles. The molecule has 1 saturated heterocycles. The van der Waals surface area contributed by atoms with Crippen LogP contribution in [0, 0.1) is 12.8 Å². The van der Waals surface area contributed by atoms with Crippen molar-refractivity contribution < 1.29 is 0 Å². The molecule has 0 aliphatic carbocycles. The van der Waals surface area contributed by atoms with Crippen LogP contribution in [-0.2, 0) is 0 Å². The molecule has 2 nitrogen and oxygen atoms in total. The van der Waals surface area contributed by atoms with E-state index in [1.807, 2.05) is 11.8 Å². The van der Waals surface area contributed by atoms with Crippen molar-refractivity contribution in [1.29, 1.82) is 0 Å². The molecular weight excluding hydrogens is 204 g/mol. The molecule has 82 valence electrons. The molecular formula is C12H18N2S. The number of aryl methyl sites for hydroxylation is 1. The highest BCUT2D eigenvalue weighted by atomic mass is 32.2. The second-order valence-corrected chi connectivity index (χ2v) is 5.28. The number of hydrogen-bond donors (Lipinski definition) is 2. The fourth-order valence-corrected chi connectivity index (χ4v) is 2.83. The molecule has 1 heterocycles. The van der Waals surface area contributed by atoms with Crippen LogP contribution >= 0.6 is 11.8 Å². The van der Waals surface area contributed by atoms with E-state index in [0.717, 1.165) is 11.6 Å². The zero-order valence-corrected chi connectivity index (χ0v) is 9.94. The maximum Gasteiger partial charge on any atom is 0.0481 e. The van der Waals surface area contributed by atoms with Gasteiger partial charge in [0, 0.05) is 10.6 Å². The minimum absolute atomic E-state index is 0.892. The van der Waals surface area contributed by atoms with Crippen molar-refractivity contribution >= 4 is 17.4 Å². The smallest absolute Gasteiger partial charge is 0.0481 e. The number of benzene rings is 1. The normalized spacial score (nSPS) is 16.3. The summed E-state index contributed by atoms with van der Waals surface area (Å²) >= 11 is 1.89. The Labute approximate surface area is 95.6 Å². The Balaban J connectivity index is 1.84. The summed E-state index contributed by atoms with van der Waals surface area (Å²) in [5.41, 5.74) is 8.15. The molecule has 0 saturated carbocycles. The molecule has 1 fully saturated rings. The average molecular weight is 222 g/mol. The van der Waals surface area contributed by atoms with Crippen molar-refractivity contribution in [2.75, 3.05) is 24.6 Å². The van der Waals surface area contributed by atoms with Gasteiger partial charge in [0.15, 0.2) is 0 Å². The summed E-state index contributed by atoms with van der Waals surface area (Å²) < 4.78 is 0.